The van der Waals surface area contributed by atoms with Gasteiger partial charge in [0.05, 0.1) is 6.26 Å². The van der Waals surface area contributed by atoms with Crippen molar-refractivity contribution in [1.29, 1.82) is 0 Å². The predicted molar refractivity (Wildman–Crippen MR) is 73.7 cm³/mol. The van der Waals surface area contributed by atoms with Gasteiger partial charge in [-0.2, -0.15) is 13.2 Å². The van der Waals surface area contributed by atoms with E-state index in [9.17, 15) is 26.4 Å². The molecule has 0 bridgehead atoms. The average Bonchev–Trinajstić information content (AvgIpc) is 2.36. The van der Waals surface area contributed by atoms with Crippen LogP contribution >= 0.6 is 0 Å². The van der Waals surface area contributed by atoms with Crippen molar-refractivity contribution in [2.75, 3.05) is 32.6 Å². The second kappa shape index (κ2) is 8.11. The van der Waals surface area contributed by atoms with Crippen molar-refractivity contribution in [3.05, 3.63) is 0 Å². The lowest BCUT2D eigenvalue weighted by molar-refractivity contribution is -0.178. The SMILES string of the molecule is CS(=O)(=O)NCCC1CCCCN1C(=O)COCC(F)(F)F. The molecule has 0 aromatic rings. The summed E-state index contributed by atoms with van der Waals surface area (Å²) in [6.45, 7) is -1.42. The van der Waals surface area contributed by atoms with Crippen LogP contribution in [0.3, 0.4) is 0 Å². The molecular formula is C12H21F3N2O4S. The Bertz CT molecular complexity index is 467. The zero-order valence-corrected chi connectivity index (χ0v) is 13.2. The van der Waals surface area contributed by atoms with Gasteiger partial charge in [-0.15, -0.1) is 0 Å². The highest BCUT2D eigenvalue weighted by atomic mass is 32.2. The zero-order valence-electron chi connectivity index (χ0n) is 12.4. The van der Waals surface area contributed by atoms with E-state index in [0.717, 1.165) is 19.1 Å². The summed E-state index contributed by atoms with van der Waals surface area (Å²) in [6, 6.07) is -0.176. The van der Waals surface area contributed by atoms with Crippen LogP contribution in [0.15, 0.2) is 0 Å². The highest BCUT2D eigenvalue weighted by Gasteiger charge is 2.30. The van der Waals surface area contributed by atoms with Gasteiger partial charge in [0, 0.05) is 19.1 Å². The molecule has 1 aliphatic heterocycles. The molecule has 0 aliphatic carbocycles. The predicted octanol–water partition coefficient (Wildman–Crippen LogP) is 0.886. The first-order valence-electron chi connectivity index (χ1n) is 6.97. The Morgan fingerprint density at radius 3 is 2.64 bits per heavy atom. The van der Waals surface area contributed by atoms with Crippen molar-refractivity contribution >= 4 is 15.9 Å². The lowest BCUT2D eigenvalue weighted by Gasteiger charge is -2.36. The number of amides is 1. The number of ether oxygens (including phenoxy) is 1. The third-order valence-corrected chi connectivity index (χ3v) is 4.01. The van der Waals surface area contributed by atoms with Gasteiger partial charge in [-0.3, -0.25) is 4.79 Å². The summed E-state index contributed by atoms with van der Waals surface area (Å²) in [4.78, 5) is 13.4. The number of hydrogen-bond acceptors (Lipinski definition) is 4. The number of nitrogens with one attached hydrogen (secondary N) is 1. The Morgan fingerprint density at radius 1 is 1.36 bits per heavy atom. The third kappa shape index (κ3) is 7.95. The topological polar surface area (TPSA) is 75.7 Å². The van der Waals surface area contributed by atoms with Gasteiger partial charge in [-0.25, -0.2) is 13.1 Å². The standard InChI is InChI=1S/C12H21F3N2O4S/c1-22(19,20)16-6-5-10-4-2-3-7-17(10)11(18)8-21-9-12(13,14)15/h10,16H,2-9H2,1H3. The summed E-state index contributed by atoms with van der Waals surface area (Å²) < 4.78 is 64.7. The van der Waals surface area contributed by atoms with Crippen LogP contribution in [0.25, 0.3) is 0 Å². The minimum Gasteiger partial charge on any atom is -0.362 e. The Balaban J connectivity index is 2.44. The zero-order chi connectivity index (χ0) is 16.8. The maximum absolute atomic E-state index is 12.0. The molecule has 1 amide bonds. The molecule has 22 heavy (non-hydrogen) atoms. The molecule has 1 N–H and O–H groups in total. The van der Waals surface area contributed by atoms with E-state index < -0.39 is 35.3 Å². The number of nitrogens with zero attached hydrogens (tertiary/aromatic N) is 1. The molecule has 130 valence electrons. The van der Waals surface area contributed by atoms with Crippen LogP contribution in [0.1, 0.15) is 25.7 Å². The van der Waals surface area contributed by atoms with E-state index in [4.69, 9.17) is 0 Å². The molecular weight excluding hydrogens is 325 g/mol. The fraction of sp³-hybridized carbons (Fsp3) is 0.917. The summed E-state index contributed by atoms with van der Waals surface area (Å²) in [5, 5.41) is 0. The number of sulfonamides is 1. The first-order valence-corrected chi connectivity index (χ1v) is 8.86. The van der Waals surface area contributed by atoms with Gasteiger partial charge in [0.2, 0.25) is 15.9 Å². The van der Waals surface area contributed by atoms with Crippen molar-refractivity contribution in [2.24, 2.45) is 0 Å². The first-order chi connectivity index (χ1) is 10.1. The first kappa shape index (κ1) is 19.2. The lowest BCUT2D eigenvalue weighted by Crippen LogP contribution is -2.46. The number of halogens is 3. The largest absolute Gasteiger partial charge is 0.411 e. The van der Waals surface area contributed by atoms with E-state index in [-0.39, 0.29) is 12.6 Å². The molecule has 1 unspecified atom stereocenters. The minimum atomic E-state index is -4.46. The highest BCUT2D eigenvalue weighted by molar-refractivity contribution is 7.88. The molecule has 0 aromatic carbocycles. The van der Waals surface area contributed by atoms with Crippen molar-refractivity contribution < 1.29 is 31.1 Å². The van der Waals surface area contributed by atoms with E-state index in [0.29, 0.717) is 19.4 Å². The van der Waals surface area contributed by atoms with E-state index in [1.54, 1.807) is 0 Å². The molecule has 0 spiro atoms. The quantitative estimate of drug-likeness (QED) is 0.743. The van der Waals surface area contributed by atoms with Gasteiger partial charge < -0.3 is 9.64 Å². The minimum absolute atomic E-state index is 0.176. The van der Waals surface area contributed by atoms with Gasteiger partial charge in [0.1, 0.15) is 13.2 Å². The molecule has 6 nitrogen and oxygen atoms in total. The smallest absolute Gasteiger partial charge is 0.362 e. The lowest BCUT2D eigenvalue weighted by atomic mass is 9.99. The Kier molecular flexibility index (Phi) is 7.07. The molecule has 1 heterocycles. The van der Waals surface area contributed by atoms with Crippen LogP contribution in [0.2, 0.25) is 0 Å². The number of rotatable bonds is 7. The molecule has 10 heteroatoms. The molecule has 1 saturated heterocycles. The number of carbonyl (C=O) groups excluding carboxylic acids is 1. The van der Waals surface area contributed by atoms with Gasteiger partial charge in [0.15, 0.2) is 0 Å². The summed E-state index contributed by atoms with van der Waals surface area (Å²) in [5.74, 6) is -0.492. The van der Waals surface area contributed by atoms with Crippen LogP contribution in [0, 0.1) is 0 Å². The molecule has 1 aliphatic rings. The third-order valence-electron chi connectivity index (χ3n) is 3.28. The van der Waals surface area contributed by atoms with E-state index in [1.807, 2.05) is 0 Å². The van der Waals surface area contributed by atoms with Gasteiger partial charge in [0.25, 0.3) is 0 Å². The molecule has 0 saturated carbocycles. The second-order valence-electron chi connectivity index (χ2n) is 5.30. The Hall–Kier alpha value is -0.870. The van der Waals surface area contributed by atoms with Crippen LogP contribution in [-0.2, 0) is 19.6 Å². The van der Waals surface area contributed by atoms with Crippen LogP contribution in [0.5, 0.6) is 0 Å². The summed E-state index contributed by atoms with van der Waals surface area (Å²) >= 11 is 0. The normalized spacial score (nSPS) is 20.2. The average molecular weight is 346 g/mol. The summed E-state index contributed by atoms with van der Waals surface area (Å²) in [7, 11) is -3.30. The number of likely N-dealkylation sites (tertiary alicyclic amines) is 1. The fourth-order valence-corrected chi connectivity index (χ4v) is 2.87. The van der Waals surface area contributed by atoms with E-state index in [1.165, 1.54) is 4.90 Å². The molecule has 1 fully saturated rings. The molecule has 1 atom stereocenters. The van der Waals surface area contributed by atoms with Crippen molar-refractivity contribution in [3.63, 3.8) is 0 Å². The van der Waals surface area contributed by atoms with Gasteiger partial charge >= 0.3 is 6.18 Å². The maximum atomic E-state index is 12.0. The van der Waals surface area contributed by atoms with E-state index >= 15 is 0 Å². The van der Waals surface area contributed by atoms with E-state index in [2.05, 4.69) is 9.46 Å². The molecule has 1 rings (SSSR count). The number of hydrogen-bond donors (Lipinski definition) is 1. The van der Waals surface area contributed by atoms with Crippen LogP contribution in [0.4, 0.5) is 13.2 Å². The van der Waals surface area contributed by atoms with Crippen molar-refractivity contribution in [2.45, 2.75) is 37.9 Å². The fourth-order valence-electron chi connectivity index (χ4n) is 2.38. The summed E-state index contributed by atoms with van der Waals surface area (Å²) in [5.41, 5.74) is 0. The summed E-state index contributed by atoms with van der Waals surface area (Å²) in [6.07, 6.45) is -0.602. The Morgan fingerprint density at radius 2 is 2.05 bits per heavy atom. The second-order valence-corrected chi connectivity index (χ2v) is 7.13. The monoisotopic (exact) mass is 346 g/mol. The number of alkyl halides is 3. The van der Waals surface area contributed by atoms with Crippen molar-refractivity contribution in [1.82, 2.24) is 9.62 Å². The van der Waals surface area contributed by atoms with Crippen LogP contribution < -0.4 is 4.72 Å². The number of piperidine rings is 1. The number of carbonyl (C=O) groups is 1. The van der Waals surface area contributed by atoms with Gasteiger partial charge in [-0.1, -0.05) is 0 Å². The van der Waals surface area contributed by atoms with Crippen molar-refractivity contribution in [3.8, 4) is 0 Å². The highest BCUT2D eigenvalue weighted by Crippen LogP contribution is 2.20. The Labute approximate surface area is 128 Å². The van der Waals surface area contributed by atoms with Gasteiger partial charge in [-0.05, 0) is 25.7 Å². The molecule has 0 radical (unpaired) electrons. The maximum Gasteiger partial charge on any atom is 0.411 e. The van der Waals surface area contributed by atoms with Crippen LogP contribution in [-0.4, -0.2) is 64.0 Å². The molecule has 0 aromatic heterocycles.